The van der Waals surface area contributed by atoms with Crippen molar-refractivity contribution in [1.82, 2.24) is 19.2 Å². The normalized spacial score (nSPS) is 18.6. The zero-order valence-corrected chi connectivity index (χ0v) is 15.7. The molecule has 2 heterocycles. The maximum absolute atomic E-state index is 12.4. The number of sulfonamides is 1. The van der Waals surface area contributed by atoms with E-state index in [1.54, 1.807) is 19.4 Å². The lowest BCUT2D eigenvalue weighted by Crippen LogP contribution is -2.45. The SMILES string of the molecule is CCS(=O)(=O)N1CCCC(C(=O)NCc2ccc(-n3ccnc3)cc2)C1. The van der Waals surface area contributed by atoms with E-state index in [1.807, 2.05) is 35.0 Å². The van der Waals surface area contributed by atoms with Gasteiger partial charge in [-0.1, -0.05) is 12.1 Å². The van der Waals surface area contributed by atoms with Crippen LogP contribution >= 0.6 is 0 Å². The van der Waals surface area contributed by atoms with Crippen LogP contribution in [0.25, 0.3) is 5.69 Å². The van der Waals surface area contributed by atoms with E-state index in [9.17, 15) is 13.2 Å². The average Bonchev–Trinajstić information content (AvgIpc) is 3.21. The molecule has 0 saturated carbocycles. The van der Waals surface area contributed by atoms with Crippen molar-refractivity contribution >= 4 is 15.9 Å². The summed E-state index contributed by atoms with van der Waals surface area (Å²) in [7, 11) is -3.24. The Kier molecular flexibility index (Phi) is 5.73. The van der Waals surface area contributed by atoms with Crippen LogP contribution in [0.3, 0.4) is 0 Å². The number of benzene rings is 1. The van der Waals surface area contributed by atoms with Crippen molar-refractivity contribution < 1.29 is 13.2 Å². The predicted molar refractivity (Wildman–Crippen MR) is 99.2 cm³/mol. The average molecular weight is 376 g/mol. The molecule has 1 fully saturated rings. The van der Waals surface area contributed by atoms with Crippen molar-refractivity contribution in [2.75, 3.05) is 18.8 Å². The van der Waals surface area contributed by atoms with Gasteiger partial charge in [0.05, 0.1) is 18.0 Å². The molecule has 1 aliphatic rings. The minimum absolute atomic E-state index is 0.0740. The molecule has 26 heavy (non-hydrogen) atoms. The van der Waals surface area contributed by atoms with Crippen molar-refractivity contribution in [2.24, 2.45) is 5.92 Å². The number of nitrogens with one attached hydrogen (secondary N) is 1. The maximum atomic E-state index is 12.4. The van der Waals surface area contributed by atoms with Crippen molar-refractivity contribution in [3.05, 3.63) is 48.5 Å². The summed E-state index contributed by atoms with van der Waals surface area (Å²) in [6.07, 6.45) is 6.77. The van der Waals surface area contributed by atoms with Gasteiger partial charge in [0, 0.05) is 37.7 Å². The first kappa shape index (κ1) is 18.6. The Bertz CT molecular complexity index is 832. The molecule has 1 atom stereocenters. The number of nitrogens with zero attached hydrogens (tertiary/aromatic N) is 3. The first-order valence-electron chi connectivity index (χ1n) is 8.82. The second kappa shape index (κ2) is 8.01. The van der Waals surface area contributed by atoms with Crippen molar-refractivity contribution in [2.45, 2.75) is 26.3 Å². The first-order chi connectivity index (χ1) is 12.5. The molecule has 1 amide bonds. The molecule has 0 bridgehead atoms. The van der Waals surface area contributed by atoms with Crippen LogP contribution < -0.4 is 5.32 Å². The number of rotatable bonds is 6. The minimum atomic E-state index is -3.24. The molecule has 0 spiro atoms. The fourth-order valence-electron chi connectivity index (χ4n) is 3.12. The molecule has 0 aliphatic carbocycles. The number of aromatic nitrogens is 2. The van der Waals surface area contributed by atoms with Crippen molar-refractivity contribution in [3.63, 3.8) is 0 Å². The molecule has 1 aromatic heterocycles. The third-order valence-corrected chi connectivity index (χ3v) is 6.57. The Morgan fingerprint density at radius 3 is 2.73 bits per heavy atom. The largest absolute Gasteiger partial charge is 0.352 e. The van der Waals surface area contributed by atoms with Gasteiger partial charge in [-0.2, -0.15) is 0 Å². The quantitative estimate of drug-likeness (QED) is 0.829. The number of hydrogen-bond donors (Lipinski definition) is 1. The highest BCUT2D eigenvalue weighted by Crippen LogP contribution is 2.20. The standard InChI is InChI=1S/C18H24N4O3S/c1-2-26(24,25)22-10-3-4-16(13-22)18(23)20-12-15-5-7-17(8-6-15)21-11-9-19-14-21/h5-9,11,14,16H,2-4,10,12-13H2,1H3,(H,20,23). The molecule has 1 aromatic carbocycles. The van der Waals surface area contributed by atoms with E-state index >= 15 is 0 Å². The van der Waals surface area contributed by atoms with Crippen LogP contribution in [0, 0.1) is 5.92 Å². The second-order valence-electron chi connectivity index (χ2n) is 6.45. The molecule has 2 aromatic rings. The third-order valence-electron chi connectivity index (χ3n) is 4.72. The van der Waals surface area contributed by atoms with Gasteiger partial charge in [-0.25, -0.2) is 17.7 Å². The van der Waals surface area contributed by atoms with Gasteiger partial charge in [-0.3, -0.25) is 4.79 Å². The molecular weight excluding hydrogens is 352 g/mol. The van der Waals surface area contributed by atoms with Gasteiger partial charge in [0.2, 0.25) is 15.9 Å². The van der Waals surface area contributed by atoms with E-state index in [0.717, 1.165) is 24.1 Å². The Morgan fingerprint density at radius 1 is 1.31 bits per heavy atom. The monoisotopic (exact) mass is 376 g/mol. The van der Waals surface area contributed by atoms with E-state index in [2.05, 4.69) is 10.3 Å². The summed E-state index contributed by atoms with van der Waals surface area (Å²) in [6, 6.07) is 7.87. The van der Waals surface area contributed by atoms with Crippen molar-refractivity contribution in [3.8, 4) is 5.69 Å². The number of piperidine rings is 1. The van der Waals surface area contributed by atoms with Gasteiger partial charge in [0.1, 0.15) is 0 Å². The van der Waals surface area contributed by atoms with E-state index in [4.69, 9.17) is 0 Å². The fraction of sp³-hybridized carbons (Fsp3) is 0.444. The van der Waals surface area contributed by atoms with E-state index < -0.39 is 10.0 Å². The first-order valence-corrected chi connectivity index (χ1v) is 10.4. The number of hydrogen-bond acceptors (Lipinski definition) is 4. The van der Waals surface area contributed by atoms with Crippen LogP contribution in [0.2, 0.25) is 0 Å². The third kappa shape index (κ3) is 4.31. The zero-order chi connectivity index (χ0) is 18.6. The fourth-order valence-corrected chi connectivity index (χ4v) is 4.30. The lowest BCUT2D eigenvalue weighted by molar-refractivity contribution is -0.126. The molecule has 7 nitrogen and oxygen atoms in total. The molecule has 3 rings (SSSR count). The molecule has 8 heteroatoms. The molecule has 1 N–H and O–H groups in total. The topological polar surface area (TPSA) is 84.3 Å². The van der Waals surface area contributed by atoms with Gasteiger partial charge in [-0.15, -0.1) is 0 Å². The van der Waals surface area contributed by atoms with Crippen LogP contribution in [0.5, 0.6) is 0 Å². The van der Waals surface area contributed by atoms with Crippen LogP contribution in [0.4, 0.5) is 0 Å². The maximum Gasteiger partial charge on any atom is 0.224 e. The molecule has 1 saturated heterocycles. The van der Waals surface area contributed by atoms with Crippen LogP contribution in [0.15, 0.2) is 43.0 Å². The highest BCUT2D eigenvalue weighted by Gasteiger charge is 2.31. The van der Waals surface area contributed by atoms with Crippen molar-refractivity contribution in [1.29, 1.82) is 0 Å². The zero-order valence-electron chi connectivity index (χ0n) is 14.8. The Labute approximate surface area is 154 Å². The van der Waals surface area contributed by atoms with Gasteiger partial charge in [-0.05, 0) is 37.5 Å². The number of carbonyl (C=O) groups excluding carboxylic acids is 1. The van der Waals surface area contributed by atoms with Crippen LogP contribution in [-0.2, 0) is 21.4 Å². The van der Waals surface area contributed by atoms with E-state index in [0.29, 0.717) is 13.1 Å². The number of amides is 1. The van der Waals surface area contributed by atoms with Gasteiger partial charge in [0.25, 0.3) is 0 Å². The second-order valence-corrected chi connectivity index (χ2v) is 8.71. The van der Waals surface area contributed by atoms with Gasteiger partial charge < -0.3 is 9.88 Å². The number of carbonyl (C=O) groups is 1. The summed E-state index contributed by atoms with van der Waals surface area (Å²) in [6.45, 7) is 2.85. The smallest absolute Gasteiger partial charge is 0.224 e. The molecule has 1 aliphatic heterocycles. The number of imidazole rings is 1. The summed E-state index contributed by atoms with van der Waals surface area (Å²) < 4.78 is 27.4. The lowest BCUT2D eigenvalue weighted by Gasteiger charge is -2.30. The summed E-state index contributed by atoms with van der Waals surface area (Å²) in [5, 5.41) is 2.93. The summed E-state index contributed by atoms with van der Waals surface area (Å²) in [5.41, 5.74) is 2.00. The van der Waals surface area contributed by atoms with E-state index in [1.165, 1.54) is 4.31 Å². The summed E-state index contributed by atoms with van der Waals surface area (Å²) >= 11 is 0. The summed E-state index contributed by atoms with van der Waals surface area (Å²) in [5.74, 6) is -0.292. The highest BCUT2D eigenvalue weighted by atomic mass is 32.2. The Morgan fingerprint density at radius 2 is 2.08 bits per heavy atom. The summed E-state index contributed by atoms with van der Waals surface area (Å²) in [4.78, 5) is 16.5. The highest BCUT2D eigenvalue weighted by molar-refractivity contribution is 7.89. The molecule has 0 radical (unpaired) electrons. The minimum Gasteiger partial charge on any atom is -0.352 e. The van der Waals surface area contributed by atoms with Gasteiger partial charge >= 0.3 is 0 Å². The molecule has 1 unspecified atom stereocenters. The molecule has 140 valence electrons. The van der Waals surface area contributed by atoms with E-state index in [-0.39, 0.29) is 24.1 Å². The molecular formula is C18H24N4O3S. The lowest BCUT2D eigenvalue weighted by atomic mass is 9.99. The van der Waals surface area contributed by atoms with Crippen LogP contribution in [-0.4, -0.2) is 47.0 Å². The van der Waals surface area contributed by atoms with Crippen LogP contribution in [0.1, 0.15) is 25.3 Å². The Balaban J connectivity index is 1.55. The Hall–Kier alpha value is -2.19. The predicted octanol–water partition coefficient (Wildman–Crippen LogP) is 1.55. The van der Waals surface area contributed by atoms with Gasteiger partial charge in [0.15, 0.2) is 0 Å².